The van der Waals surface area contributed by atoms with Crippen LogP contribution in [-0.4, -0.2) is 24.4 Å². The lowest BCUT2D eigenvalue weighted by Crippen LogP contribution is -2.36. The number of fused-ring (bicyclic) bond motifs is 1. The van der Waals surface area contributed by atoms with Gasteiger partial charge in [0.2, 0.25) is 0 Å². The SMILES string of the molecule is COc1cc(F)cc(NC(=O)N[C@H]2c3ccccc3C[C@H]2O)c1. The van der Waals surface area contributed by atoms with Crippen molar-refractivity contribution in [2.45, 2.75) is 18.6 Å². The Bertz CT molecular complexity index is 736. The second kappa shape index (κ2) is 6.26. The number of aliphatic hydroxyl groups excluding tert-OH is 1. The summed E-state index contributed by atoms with van der Waals surface area (Å²) in [6.07, 6.45) is -0.185. The van der Waals surface area contributed by atoms with Crippen LogP contribution < -0.4 is 15.4 Å². The molecule has 0 fully saturated rings. The third-order valence-electron chi connectivity index (χ3n) is 3.86. The first-order chi connectivity index (χ1) is 11.1. The summed E-state index contributed by atoms with van der Waals surface area (Å²) >= 11 is 0. The Balaban J connectivity index is 1.72. The van der Waals surface area contributed by atoms with Crippen LogP contribution in [-0.2, 0) is 6.42 Å². The summed E-state index contributed by atoms with van der Waals surface area (Å²) in [5.41, 5.74) is 2.19. The first kappa shape index (κ1) is 15.3. The van der Waals surface area contributed by atoms with E-state index >= 15 is 0 Å². The van der Waals surface area contributed by atoms with Crippen molar-refractivity contribution in [2.24, 2.45) is 0 Å². The van der Waals surface area contributed by atoms with Gasteiger partial charge in [0.1, 0.15) is 11.6 Å². The quantitative estimate of drug-likeness (QED) is 0.815. The standard InChI is InChI=1S/C17H17FN2O3/c1-23-13-8-11(18)7-12(9-13)19-17(22)20-16-14-5-3-2-4-10(14)6-15(16)21/h2-5,7-9,15-16,21H,6H2,1H3,(H2,19,20,22)/t15-,16+/m1/s1. The Hall–Kier alpha value is -2.60. The van der Waals surface area contributed by atoms with Crippen molar-refractivity contribution in [3.05, 3.63) is 59.4 Å². The lowest BCUT2D eigenvalue weighted by Gasteiger charge is -2.18. The zero-order valence-corrected chi connectivity index (χ0v) is 12.5. The minimum absolute atomic E-state index is 0.278. The van der Waals surface area contributed by atoms with Gasteiger partial charge in [-0.1, -0.05) is 24.3 Å². The number of hydrogen-bond acceptors (Lipinski definition) is 3. The predicted molar refractivity (Wildman–Crippen MR) is 84.0 cm³/mol. The van der Waals surface area contributed by atoms with Crippen molar-refractivity contribution in [3.8, 4) is 5.75 Å². The van der Waals surface area contributed by atoms with Gasteiger partial charge in [-0.3, -0.25) is 0 Å². The molecule has 0 bridgehead atoms. The summed E-state index contributed by atoms with van der Waals surface area (Å²) < 4.78 is 18.4. The van der Waals surface area contributed by atoms with E-state index in [1.807, 2.05) is 24.3 Å². The molecule has 2 atom stereocenters. The van der Waals surface area contributed by atoms with Crippen molar-refractivity contribution in [2.75, 3.05) is 12.4 Å². The third-order valence-corrected chi connectivity index (χ3v) is 3.86. The average Bonchev–Trinajstić information content (AvgIpc) is 2.82. The molecule has 0 spiro atoms. The molecule has 0 heterocycles. The first-order valence-corrected chi connectivity index (χ1v) is 7.25. The summed E-state index contributed by atoms with van der Waals surface area (Å²) in [5.74, 6) is -0.197. The van der Waals surface area contributed by atoms with Crippen LogP contribution in [0.5, 0.6) is 5.75 Å². The fourth-order valence-electron chi connectivity index (χ4n) is 2.81. The normalized spacial score (nSPS) is 19.1. The van der Waals surface area contributed by atoms with Crippen molar-refractivity contribution in [1.29, 1.82) is 0 Å². The Labute approximate surface area is 133 Å². The Morgan fingerprint density at radius 3 is 2.87 bits per heavy atom. The summed E-state index contributed by atoms with van der Waals surface area (Å²) in [5, 5.41) is 15.4. The van der Waals surface area contributed by atoms with Crippen LogP contribution in [0.15, 0.2) is 42.5 Å². The number of ether oxygens (including phenoxy) is 1. The van der Waals surface area contributed by atoms with Crippen LogP contribution in [0.1, 0.15) is 17.2 Å². The Morgan fingerprint density at radius 1 is 1.30 bits per heavy atom. The Morgan fingerprint density at radius 2 is 2.09 bits per heavy atom. The summed E-state index contributed by atoms with van der Waals surface area (Å²) in [6, 6.07) is 10.5. The maximum atomic E-state index is 13.4. The fraction of sp³-hybridized carbons (Fsp3) is 0.235. The van der Waals surface area contributed by atoms with Crippen molar-refractivity contribution < 1.29 is 19.0 Å². The second-order valence-corrected chi connectivity index (χ2v) is 5.43. The molecule has 0 saturated heterocycles. The summed E-state index contributed by atoms with van der Waals surface area (Å²) in [6.45, 7) is 0. The van der Waals surface area contributed by atoms with E-state index in [0.29, 0.717) is 12.2 Å². The van der Waals surface area contributed by atoms with Crippen molar-refractivity contribution in [3.63, 3.8) is 0 Å². The molecular weight excluding hydrogens is 299 g/mol. The van der Waals surface area contributed by atoms with Crippen LogP contribution in [0.3, 0.4) is 0 Å². The van der Waals surface area contributed by atoms with E-state index in [1.54, 1.807) is 0 Å². The summed E-state index contributed by atoms with van der Waals surface area (Å²) in [7, 11) is 1.42. The number of halogens is 1. The van der Waals surface area contributed by atoms with Crippen LogP contribution in [0.2, 0.25) is 0 Å². The first-order valence-electron chi connectivity index (χ1n) is 7.25. The van der Waals surface area contributed by atoms with E-state index in [-0.39, 0.29) is 5.69 Å². The highest BCUT2D eigenvalue weighted by molar-refractivity contribution is 5.89. The smallest absolute Gasteiger partial charge is 0.319 e. The molecule has 0 saturated carbocycles. The van der Waals surface area contributed by atoms with Gasteiger partial charge in [0.05, 0.1) is 19.3 Å². The van der Waals surface area contributed by atoms with Crippen LogP contribution in [0, 0.1) is 5.82 Å². The molecule has 0 aliphatic heterocycles. The van der Waals surface area contributed by atoms with E-state index in [2.05, 4.69) is 10.6 Å². The van der Waals surface area contributed by atoms with Gasteiger partial charge in [-0.2, -0.15) is 0 Å². The molecule has 0 unspecified atom stereocenters. The number of methoxy groups -OCH3 is 1. The highest BCUT2D eigenvalue weighted by Gasteiger charge is 2.31. The lowest BCUT2D eigenvalue weighted by atomic mass is 10.1. The van der Waals surface area contributed by atoms with Gasteiger partial charge in [-0.25, -0.2) is 9.18 Å². The minimum Gasteiger partial charge on any atom is -0.497 e. The molecule has 3 N–H and O–H groups in total. The molecule has 0 radical (unpaired) electrons. The molecule has 2 amide bonds. The zero-order valence-electron chi connectivity index (χ0n) is 12.5. The van der Waals surface area contributed by atoms with E-state index < -0.39 is 24.0 Å². The van der Waals surface area contributed by atoms with Crippen molar-refractivity contribution >= 4 is 11.7 Å². The summed E-state index contributed by atoms with van der Waals surface area (Å²) in [4.78, 5) is 12.1. The van der Waals surface area contributed by atoms with E-state index in [4.69, 9.17) is 4.74 Å². The highest BCUT2D eigenvalue weighted by Crippen LogP contribution is 2.31. The molecule has 3 rings (SSSR count). The maximum absolute atomic E-state index is 13.4. The number of benzene rings is 2. The third kappa shape index (κ3) is 3.27. The molecule has 1 aliphatic carbocycles. The second-order valence-electron chi connectivity index (χ2n) is 5.43. The van der Waals surface area contributed by atoms with E-state index in [9.17, 15) is 14.3 Å². The van der Waals surface area contributed by atoms with Gasteiger partial charge in [0.25, 0.3) is 0 Å². The van der Waals surface area contributed by atoms with Crippen LogP contribution in [0.25, 0.3) is 0 Å². The van der Waals surface area contributed by atoms with E-state index in [1.165, 1.54) is 25.3 Å². The lowest BCUT2D eigenvalue weighted by molar-refractivity contribution is 0.144. The monoisotopic (exact) mass is 316 g/mol. The number of nitrogens with one attached hydrogen (secondary N) is 2. The molecule has 120 valence electrons. The Kier molecular flexibility index (Phi) is 4.16. The minimum atomic E-state index is -0.680. The molecule has 23 heavy (non-hydrogen) atoms. The van der Waals surface area contributed by atoms with Gasteiger partial charge in [-0.15, -0.1) is 0 Å². The topological polar surface area (TPSA) is 70.6 Å². The van der Waals surface area contributed by atoms with Crippen LogP contribution >= 0.6 is 0 Å². The van der Waals surface area contributed by atoms with Gasteiger partial charge in [-0.05, 0) is 17.2 Å². The number of anilines is 1. The number of hydrogen-bond donors (Lipinski definition) is 3. The van der Waals surface area contributed by atoms with Crippen LogP contribution in [0.4, 0.5) is 14.9 Å². The van der Waals surface area contributed by atoms with E-state index in [0.717, 1.165) is 11.1 Å². The molecule has 6 heteroatoms. The van der Waals surface area contributed by atoms with Gasteiger partial charge < -0.3 is 20.5 Å². The molecule has 0 aromatic heterocycles. The predicted octanol–water partition coefficient (Wildman–Crippen LogP) is 2.61. The number of carbonyl (C=O) groups is 1. The number of urea groups is 1. The zero-order chi connectivity index (χ0) is 16.4. The molecular formula is C17H17FN2O3. The number of rotatable bonds is 3. The molecule has 5 nitrogen and oxygen atoms in total. The van der Waals surface area contributed by atoms with Crippen molar-refractivity contribution in [1.82, 2.24) is 5.32 Å². The highest BCUT2D eigenvalue weighted by atomic mass is 19.1. The molecule has 2 aromatic carbocycles. The number of amides is 2. The molecule has 1 aliphatic rings. The average molecular weight is 316 g/mol. The van der Waals surface area contributed by atoms with Gasteiger partial charge >= 0.3 is 6.03 Å². The largest absolute Gasteiger partial charge is 0.497 e. The number of aliphatic hydroxyl groups is 1. The fourth-order valence-corrected chi connectivity index (χ4v) is 2.81. The molecule has 2 aromatic rings. The number of carbonyl (C=O) groups excluding carboxylic acids is 1. The van der Waals surface area contributed by atoms with Gasteiger partial charge in [0, 0.05) is 24.2 Å². The maximum Gasteiger partial charge on any atom is 0.319 e. The van der Waals surface area contributed by atoms with Gasteiger partial charge in [0.15, 0.2) is 0 Å².